The van der Waals surface area contributed by atoms with Crippen LogP contribution in [0.1, 0.15) is 36.0 Å². The van der Waals surface area contributed by atoms with E-state index in [0.717, 1.165) is 5.56 Å². The Morgan fingerprint density at radius 2 is 1.80 bits per heavy atom. The first-order valence-electron chi connectivity index (χ1n) is 6.99. The third kappa shape index (κ3) is 3.59. The molecule has 1 amide bonds. The number of benzene rings is 1. The van der Waals surface area contributed by atoms with Gasteiger partial charge in [0.05, 0.1) is 5.41 Å². The third-order valence-corrected chi connectivity index (χ3v) is 3.85. The normalized spacial score (nSPS) is 15.7. The third-order valence-electron chi connectivity index (χ3n) is 3.85. The number of nitrogens with one attached hydrogen (secondary N) is 1. The highest BCUT2D eigenvalue weighted by molar-refractivity contribution is 5.81. The summed E-state index contributed by atoms with van der Waals surface area (Å²) >= 11 is 0. The second-order valence-corrected chi connectivity index (χ2v) is 5.86. The van der Waals surface area contributed by atoms with E-state index < -0.39 is 11.4 Å². The second kappa shape index (κ2) is 5.65. The van der Waals surface area contributed by atoms with Gasteiger partial charge in [-0.05, 0) is 38.7 Å². The molecule has 1 aromatic carbocycles. The van der Waals surface area contributed by atoms with Crippen LogP contribution >= 0.6 is 0 Å². The highest BCUT2D eigenvalue weighted by atomic mass is 16.4. The van der Waals surface area contributed by atoms with Crippen molar-refractivity contribution in [2.75, 3.05) is 6.54 Å². The number of aryl methyl sites for hydroxylation is 3. The smallest absolute Gasteiger partial charge is 0.311 e. The van der Waals surface area contributed by atoms with Crippen LogP contribution in [0.25, 0.3) is 0 Å². The van der Waals surface area contributed by atoms with Crippen molar-refractivity contribution in [3.8, 4) is 0 Å². The standard InChI is InChI=1S/C16H21NO3/c1-11-7-12(2)9-13(8-11)3-4-14(18)17-10-16(5-6-16)15(19)20/h7-9H,3-6,10H2,1-2H3,(H,17,18)(H,19,20). The molecule has 0 saturated heterocycles. The number of carboxylic acids is 1. The van der Waals surface area contributed by atoms with Crippen LogP contribution in [0.4, 0.5) is 0 Å². The topological polar surface area (TPSA) is 66.4 Å². The molecule has 0 unspecified atom stereocenters. The van der Waals surface area contributed by atoms with Crippen LogP contribution in [0.2, 0.25) is 0 Å². The predicted octanol–water partition coefficient (Wildman–Crippen LogP) is 2.22. The zero-order chi connectivity index (χ0) is 14.8. The lowest BCUT2D eigenvalue weighted by molar-refractivity contribution is -0.143. The van der Waals surface area contributed by atoms with Gasteiger partial charge in [-0.15, -0.1) is 0 Å². The summed E-state index contributed by atoms with van der Waals surface area (Å²) in [5.41, 5.74) is 2.86. The fourth-order valence-electron chi connectivity index (χ4n) is 2.44. The Morgan fingerprint density at radius 1 is 1.20 bits per heavy atom. The molecular formula is C16H21NO3. The van der Waals surface area contributed by atoms with Gasteiger partial charge in [0.15, 0.2) is 0 Å². The van der Waals surface area contributed by atoms with Crippen LogP contribution in [-0.2, 0) is 16.0 Å². The van der Waals surface area contributed by atoms with Gasteiger partial charge in [-0.25, -0.2) is 0 Å². The number of carbonyl (C=O) groups is 2. The second-order valence-electron chi connectivity index (χ2n) is 5.86. The van der Waals surface area contributed by atoms with Crippen LogP contribution in [0, 0.1) is 19.3 Å². The molecule has 0 atom stereocenters. The summed E-state index contributed by atoms with van der Waals surface area (Å²) in [7, 11) is 0. The molecule has 1 fully saturated rings. The molecule has 0 aromatic heterocycles. The minimum Gasteiger partial charge on any atom is -0.481 e. The molecule has 2 rings (SSSR count). The summed E-state index contributed by atoms with van der Waals surface area (Å²) in [6.45, 7) is 4.34. The minimum absolute atomic E-state index is 0.0725. The number of rotatable bonds is 6. The summed E-state index contributed by atoms with van der Waals surface area (Å²) in [6, 6.07) is 6.27. The maximum atomic E-state index is 11.8. The Kier molecular flexibility index (Phi) is 4.12. The average molecular weight is 275 g/mol. The molecule has 1 aliphatic rings. The first-order chi connectivity index (χ1) is 9.41. The van der Waals surface area contributed by atoms with E-state index in [1.807, 2.05) is 13.8 Å². The average Bonchev–Trinajstić information content (AvgIpc) is 3.14. The molecule has 108 valence electrons. The first kappa shape index (κ1) is 14.6. The fourth-order valence-corrected chi connectivity index (χ4v) is 2.44. The largest absolute Gasteiger partial charge is 0.481 e. The van der Waals surface area contributed by atoms with Crippen molar-refractivity contribution in [2.45, 2.75) is 39.5 Å². The van der Waals surface area contributed by atoms with Crippen LogP contribution in [0.5, 0.6) is 0 Å². The van der Waals surface area contributed by atoms with E-state index in [1.54, 1.807) is 0 Å². The monoisotopic (exact) mass is 275 g/mol. The van der Waals surface area contributed by atoms with Gasteiger partial charge < -0.3 is 10.4 Å². The zero-order valence-corrected chi connectivity index (χ0v) is 12.0. The van der Waals surface area contributed by atoms with Crippen LogP contribution in [0.3, 0.4) is 0 Å². The quantitative estimate of drug-likeness (QED) is 0.836. The molecule has 0 radical (unpaired) electrons. The van der Waals surface area contributed by atoms with Gasteiger partial charge in [0, 0.05) is 13.0 Å². The summed E-state index contributed by atoms with van der Waals surface area (Å²) < 4.78 is 0. The van der Waals surface area contributed by atoms with Crippen molar-refractivity contribution in [3.63, 3.8) is 0 Å². The van der Waals surface area contributed by atoms with E-state index in [-0.39, 0.29) is 12.5 Å². The molecule has 0 spiro atoms. The van der Waals surface area contributed by atoms with Crippen LogP contribution in [0.15, 0.2) is 18.2 Å². The Hall–Kier alpha value is -1.84. The van der Waals surface area contributed by atoms with Crippen molar-refractivity contribution in [1.29, 1.82) is 0 Å². The van der Waals surface area contributed by atoms with E-state index in [9.17, 15) is 9.59 Å². The van der Waals surface area contributed by atoms with E-state index in [2.05, 4.69) is 23.5 Å². The van der Waals surface area contributed by atoms with Crippen molar-refractivity contribution in [2.24, 2.45) is 5.41 Å². The summed E-state index contributed by atoms with van der Waals surface area (Å²) in [5.74, 6) is -0.871. The zero-order valence-electron chi connectivity index (χ0n) is 12.0. The molecule has 20 heavy (non-hydrogen) atoms. The van der Waals surface area contributed by atoms with Crippen LogP contribution in [-0.4, -0.2) is 23.5 Å². The Labute approximate surface area is 119 Å². The Balaban J connectivity index is 1.79. The number of hydrogen-bond donors (Lipinski definition) is 2. The van der Waals surface area contributed by atoms with Gasteiger partial charge in [-0.1, -0.05) is 29.3 Å². The van der Waals surface area contributed by atoms with E-state index >= 15 is 0 Å². The molecule has 0 aliphatic heterocycles. The molecule has 0 bridgehead atoms. The lowest BCUT2D eigenvalue weighted by Gasteiger charge is -2.11. The number of carboxylic acid groups (broad SMARTS) is 1. The number of amides is 1. The van der Waals surface area contributed by atoms with Crippen molar-refractivity contribution in [1.82, 2.24) is 5.32 Å². The summed E-state index contributed by atoms with van der Waals surface area (Å²) in [6.07, 6.45) is 2.42. The lowest BCUT2D eigenvalue weighted by atomic mass is 10.0. The molecule has 1 saturated carbocycles. The van der Waals surface area contributed by atoms with Gasteiger partial charge in [0.25, 0.3) is 0 Å². The van der Waals surface area contributed by atoms with Gasteiger partial charge >= 0.3 is 5.97 Å². The van der Waals surface area contributed by atoms with Crippen molar-refractivity contribution in [3.05, 3.63) is 34.9 Å². The molecular weight excluding hydrogens is 254 g/mol. The molecule has 2 N–H and O–H groups in total. The van der Waals surface area contributed by atoms with Crippen molar-refractivity contribution < 1.29 is 14.7 Å². The number of hydrogen-bond acceptors (Lipinski definition) is 2. The maximum absolute atomic E-state index is 11.8. The molecule has 0 heterocycles. The lowest BCUT2D eigenvalue weighted by Crippen LogP contribution is -2.34. The SMILES string of the molecule is Cc1cc(C)cc(CCC(=O)NCC2(C(=O)O)CC2)c1. The summed E-state index contributed by atoms with van der Waals surface area (Å²) in [4.78, 5) is 22.8. The van der Waals surface area contributed by atoms with Gasteiger partial charge in [-0.2, -0.15) is 0 Å². The first-order valence-corrected chi connectivity index (χ1v) is 6.99. The molecule has 1 aliphatic carbocycles. The van der Waals surface area contributed by atoms with Crippen LogP contribution < -0.4 is 5.32 Å². The van der Waals surface area contributed by atoms with Crippen molar-refractivity contribution >= 4 is 11.9 Å². The molecule has 1 aromatic rings. The van der Waals surface area contributed by atoms with E-state index in [1.165, 1.54) is 11.1 Å². The fraction of sp³-hybridized carbons (Fsp3) is 0.500. The summed E-state index contributed by atoms with van der Waals surface area (Å²) in [5, 5.41) is 11.8. The Bertz CT molecular complexity index is 512. The van der Waals surface area contributed by atoms with Gasteiger partial charge in [0.1, 0.15) is 0 Å². The molecule has 4 nitrogen and oxygen atoms in total. The van der Waals surface area contributed by atoms with E-state index in [0.29, 0.717) is 25.7 Å². The molecule has 4 heteroatoms. The Morgan fingerprint density at radius 3 is 2.30 bits per heavy atom. The number of aliphatic carboxylic acids is 1. The predicted molar refractivity (Wildman–Crippen MR) is 76.5 cm³/mol. The highest BCUT2D eigenvalue weighted by Gasteiger charge is 2.50. The highest BCUT2D eigenvalue weighted by Crippen LogP contribution is 2.45. The number of carbonyl (C=O) groups excluding carboxylic acids is 1. The maximum Gasteiger partial charge on any atom is 0.311 e. The van der Waals surface area contributed by atoms with E-state index in [4.69, 9.17) is 5.11 Å². The minimum atomic E-state index is -0.799. The van der Waals surface area contributed by atoms with Gasteiger partial charge in [0.2, 0.25) is 5.91 Å². The van der Waals surface area contributed by atoms with Gasteiger partial charge in [-0.3, -0.25) is 9.59 Å².